The molecule has 0 radical (unpaired) electrons. The van der Waals surface area contributed by atoms with Crippen LogP contribution in [0.3, 0.4) is 0 Å². The first-order valence-corrected chi connectivity index (χ1v) is 7.97. The summed E-state index contributed by atoms with van der Waals surface area (Å²) in [5, 5.41) is 4.97. The minimum atomic E-state index is 0.358. The van der Waals surface area contributed by atoms with Crippen LogP contribution in [0, 0.1) is 5.41 Å². The number of rotatable bonds is 3. The highest BCUT2D eigenvalue weighted by molar-refractivity contribution is 7.18. The second kappa shape index (κ2) is 4.88. The first-order valence-electron chi connectivity index (χ1n) is 7.15. The monoisotopic (exact) mass is 274 g/mol. The largest absolute Gasteiger partial charge is 0.305 e. The molecule has 3 heteroatoms. The lowest BCUT2D eigenvalue weighted by Gasteiger charge is -2.20. The minimum absolute atomic E-state index is 0.358. The van der Waals surface area contributed by atoms with Gasteiger partial charge in [-0.2, -0.15) is 0 Å². The van der Waals surface area contributed by atoms with E-state index in [0.717, 1.165) is 5.52 Å². The Kier molecular flexibility index (Phi) is 3.35. The van der Waals surface area contributed by atoms with Crippen LogP contribution in [0.25, 0.3) is 10.2 Å². The van der Waals surface area contributed by atoms with Crippen molar-refractivity contribution < 1.29 is 0 Å². The molecule has 19 heavy (non-hydrogen) atoms. The van der Waals surface area contributed by atoms with Crippen LogP contribution < -0.4 is 5.32 Å². The van der Waals surface area contributed by atoms with E-state index in [1.165, 1.54) is 29.0 Å². The van der Waals surface area contributed by atoms with Crippen LogP contribution in [0.15, 0.2) is 24.3 Å². The van der Waals surface area contributed by atoms with Crippen molar-refractivity contribution in [2.75, 3.05) is 0 Å². The fraction of sp³-hybridized carbons (Fsp3) is 0.562. The number of fused-ring (bicyclic) bond motifs is 1. The zero-order valence-corrected chi connectivity index (χ0v) is 12.8. The Morgan fingerprint density at radius 1 is 1.37 bits per heavy atom. The normalized spacial score (nSPS) is 23.8. The number of para-hydroxylation sites is 1. The van der Waals surface area contributed by atoms with Crippen molar-refractivity contribution in [2.24, 2.45) is 5.41 Å². The molecule has 1 aromatic heterocycles. The molecule has 2 unspecified atom stereocenters. The van der Waals surface area contributed by atoms with E-state index in [-0.39, 0.29) is 0 Å². The molecule has 1 N–H and O–H groups in total. The SMILES string of the molecule is CC(NC1CCC(C)(C)C1)c1nc2ccccc2s1. The lowest BCUT2D eigenvalue weighted by atomic mass is 9.92. The summed E-state index contributed by atoms with van der Waals surface area (Å²) in [6.45, 7) is 6.98. The van der Waals surface area contributed by atoms with E-state index in [2.05, 4.69) is 50.4 Å². The lowest BCUT2D eigenvalue weighted by molar-refractivity contribution is 0.356. The lowest BCUT2D eigenvalue weighted by Crippen LogP contribution is -2.30. The molecular formula is C16H22N2S. The summed E-state index contributed by atoms with van der Waals surface area (Å²) in [5.41, 5.74) is 1.63. The van der Waals surface area contributed by atoms with E-state index in [9.17, 15) is 0 Å². The molecule has 1 heterocycles. The molecule has 2 aromatic rings. The number of nitrogens with zero attached hydrogens (tertiary/aromatic N) is 1. The van der Waals surface area contributed by atoms with Crippen molar-refractivity contribution in [2.45, 2.75) is 52.1 Å². The molecule has 3 rings (SSSR count). The van der Waals surface area contributed by atoms with E-state index in [0.29, 0.717) is 17.5 Å². The second-order valence-corrected chi connectivity index (χ2v) is 7.57. The maximum atomic E-state index is 4.75. The van der Waals surface area contributed by atoms with Gasteiger partial charge in [0.05, 0.1) is 16.3 Å². The second-order valence-electron chi connectivity index (χ2n) is 6.51. The topological polar surface area (TPSA) is 24.9 Å². The third-order valence-corrected chi connectivity index (χ3v) is 5.35. The van der Waals surface area contributed by atoms with Crippen LogP contribution in [0.1, 0.15) is 51.1 Å². The summed E-state index contributed by atoms with van der Waals surface area (Å²) in [4.78, 5) is 4.75. The van der Waals surface area contributed by atoms with Crippen LogP contribution in [-0.4, -0.2) is 11.0 Å². The van der Waals surface area contributed by atoms with Gasteiger partial charge in [-0.15, -0.1) is 11.3 Å². The Morgan fingerprint density at radius 3 is 2.84 bits per heavy atom. The first-order chi connectivity index (χ1) is 9.03. The van der Waals surface area contributed by atoms with Crippen molar-refractivity contribution in [3.63, 3.8) is 0 Å². The highest BCUT2D eigenvalue weighted by atomic mass is 32.1. The Balaban J connectivity index is 1.72. The Bertz CT molecular complexity index is 540. The summed E-state index contributed by atoms with van der Waals surface area (Å²) < 4.78 is 1.29. The Labute approximate surface area is 119 Å². The van der Waals surface area contributed by atoms with Gasteiger partial charge in [-0.05, 0) is 43.7 Å². The Morgan fingerprint density at radius 2 is 2.16 bits per heavy atom. The molecule has 102 valence electrons. The van der Waals surface area contributed by atoms with Crippen molar-refractivity contribution in [1.29, 1.82) is 0 Å². The maximum Gasteiger partial charge on any atom is 0.111 e. The van der Waals surface area contributed by atoms with E-state index in [1.54, 1.807) is 0 Å². The first kappa shape index (κ1) is 13.1. The number of thiazole rings is 1. The molecule has 1 aliphatic carbocycles. The molecule has 1 aromatic carbocycles. The molecule has 1 aliphatic rings. The molecule has 0 bridgehead atoms. The van der Waals surface area contributed by atoms with Crippen molar-refractivity contribution in [3.8, 4) is 0 Å². The van der Waals surface area contributed by atoms with Gasteiger partial charge in [0.15, 0.2) is 0 Å². The smallest absolute Gasteiger partial charge is 0.111 e. The molecular weight excluding hydrogens is 252 g/mol. The zero-order valence-electron chi connectivity index (χ0n) is 11.9. The van der Waals surface area contributed by atoms with Gasteiger partial charge in [-0.3, -0.25) is 0 Å². The van der Waals surface area contributed by atoms with Crippen LogP contribution in [0.4, 0.5) is 0 Å². The summed E-state index contributed by atoms with van der Waals surface area (Å²) in [6.07, 6.45) is 3.90. The van der Waals surface area contributed by atoms with Crippen molar-refractivity contribution >= 4 is 21.6 Å². The standard InChI is InChI=1S/C16H22N2S/c1-11(17-12-8-9-16(2,3)10-12)15-18-13-6-4-5-7-14(13)19-15/h4-7,11-12,17H,8-10H2,1-3H3. The highest BCUT2D eigenvalue weighted by Gasteiger charge is 2.31. The molecule has 0 aliphatic heterocycles. The predicted molar refractivity (Wildman–Crippen MR) is 82.6 cm³/mol. The van der Waals surface area contributed by atoms with E-state index >= 15 is 0 Å². The van der Waals surface area contributed by atoms with E-state index in [1.807, 2.05) is 11.3 Å². The van der Waals surface area contributed by atoms with Gasteiger partial charge < -0.3 is 5.32 Å². The number of hydrogen-bond acceptors (Lipinski definition) is 3. The van der Waals surface area contributed by atoms with Gasteiger partial charge in [0.25, 0.3) is 0 Å². The van der Waals surface area contributed by atoms with Crippen molar-refractivity contribution in [3.05, 3.63) is 29.3 Å². The predicted octanol–water partition coefficient (Wildman–Crippen LogP) is 4.53. The van der Waals surface area contributed by atoms with Crippen molar-refractivity contribution in [1.82, 2.24) is 10.3 Å². The maximum absolute atomic E-state index is 4.75. The van der Waals surface area contributed by atoms with Crippen LogP contribution >= 0.6 is 11.3 Å². The third kappa shape index (κ3) is 2.82. The van der Waals surface area contributed by atoms with Gasteiger partial charge in [0.1, 0.15) is 5.01 Å². The van der Waals surface area contributed by atoms with Gasteiger partial charge in [-0.1, -0.05) is 26.0 Å². The average Bonchev–Trinajstić information content (AvgIpc) is 2.92. The van der Waals surface area contributed by atoms with Gasteiger partial charge in [0, 0.05) is 6.04 Å². The minimum Gasteiger partial charge on any atom is -0.305 e. The highest BCUT2D eigenvalue weighted by Crippen LogP contribution is 2.38. The number of hydrogen-bond donors (Lipinski definition) is 1. The summed E-state index contributed by atoms with van der Waals surface area (Å²) in [5.74, 6) is 0. The molecule has 0 spiro atoms. The van der Waals surface area contributed by atoms with E-state index in [4.69, 9.17) is 4.98 Å². The van der Waals surface area contributed by atoms with E-state index < -0.39 is 0 Å². The number of nitrogens with one attached hydrogen (secondary N) is 1. The molecule has 2 nitrogen and oxygen atoms in total. The van der Waals surface area contributed by atoms with Crippen LogP contribution in [0.5, 0.6) is 0 Å². The fourth-order valence-electron chi connectivity index (χ4n) is 3.08. The number of aromatic nitrogens is 1. The molecule has 1 saturated carbocycles. The summed E-state index contributed by atoms with van der Waals surface area (Å²) >= 11 is 1.82. The van der Waals surface area contributed by atoms with Gasteiger partial charge in [-0.25, -0.2) is 4.98 Å². The number of benzene rings is 1. The van der Waals surface area contributed by atoms with Gasteiger partial charge in [0.2, 0.25) is 0 Å². The van der Waals surface area contributed by atoms with Gasteiger partial charge >= 0.3 is 0 Å². The Hall–Kier alpha value is -0.930. The van der Waals surface area contributed by atoms with Crippen LogP contribution in [0.2, 0.25) is 0 Å². The molecule has 1 fully saturated rings. The zero-order chi connectivity index (χ0) is 13.5. The third-order valence-electron chi connectivity index (χ3n) is 4.14. The molecule has 0 amide bonds. The van der Waals surface area contributed by atoms with Crippen LogP contribution in [-0.2, 0) is 0 Å². The quantitative estimate of drug-likeness (QED) is 0.889. The molecule has 0 saturated heterocycles. The molecule has 2 atom stereocenters. The fourth-order valence-corrected chi connectivity index (χ4v) is 4.06. The average molecular weight is 274 g/mol. The summed E-state index contributed by atoms with van der Waals surface area (Å²) in [7, 11) is 0. The summed E-state index contributed by atoms with van der Waals surface area (Å²) in [6, 6.07) is 9.40.